The lowest BCUT2D eigenvalue weighted by molar-refractivity contribution is -0.118. The highest BCUT2D eigenvalue weighted by molar-refractivity contribution is 6.01. The summed E-state index contributed by atoms with van der Waals surface area (Å²) in [4.78, 5) is 42.1. The van der Waals surface area contributed by atoms with Crippen LogP contribution < -0.4 is 16.6 Å². The van der Waals surface area contributed by atoms with Crippen molar-refractivity contribution < 1.29 is 9.90 Å². The van der Waals surface area contributed by atoms with Crippen molar-refractivity contribution in [3.63, 3.8) is 0 Å². The highest BCUT2D eigenvalue weighted by Crippen LogP contribution is 2.47. The molecule has 26 heavy (non-hydrogen) atoms. The van der Waals surface area contributed by atoms with Crippen LogP contribution in [0.2, 0.25) is 0 Å². The van der Waals surface area contributed by atoms with Crippen LogP contribution in [0.4, 0.5) is 5.82 Å². The van der Waals surface area contributed by atoms with Crippen LogP contribution in [0.15, 0.2) is 45.1 Å². The van der Waals surface area contributed by atoms with E-state index in [1.807, 2.05) is 13.8 Å². The third-order valence-electron chi connectivity index (χ3n) is 4.98. The second kappa shape index (κ2) is 5.45. The van der Waals surface area contributed by atoms with Crippen molar-refractivity contribution in [1.29, 1.82) is 0 Å². The van der Waals surface area contributed by atoms with Crippen LogP contribution in [-0.2, 0) is 4.79 Å². The van der Waals surface area contributed by atoms with E-state index < -0.39 is 17.2 Å². The zero-order valence-corrected chi connectivity index (χ0v) is 14.5. The molecule has 4 rings (SSSR count). The average Bonchev–Trinajstić information content (AvgIpc) is 2.52. The minimum atomic E-state index is -0.601. The van der Waals surface area contributed by atoms with Crippen LogP contribution in [0, 0.1) is 5.41 Å². The fourth-order valence-corrected chi connectivity index (χ4v) is 3.95. The Morgan fingerprint density at radius 3 is 2.42 bits per heavy atom. The largest absolute Gasteiger partial charge is 0.508 e. The number of carbonyl (C=O) groups is 1. The number of aromatic nitrogens is 2. The van der Waals surface area contributed by atoms with Crippen molar-refractivity contribution in [2.75, 3.05) is 5.32 Å². The number of Topliss-reactive ketones (excluding diaryl/α,β-unsaturated/α-hetero) is 1. The van der Waals surface area contributed by atoms with E-state index in [2.05, 4.69) is 15.3 Å². The lowest BCUT2D eigenvalue weighted by Crippen LogP contribution is -2.38. The molecule has 4 N–H and O–H groups in total. The molecule has 2 heterocycles. The molecule has 0 saturated heterocycles. The Labute approximate surface area is 148 Å². The van der Waals surface area contributed by atoms with Gasteiger partial charge in [-0.25, -0.2) is 4.79 Å². The highest BCUT2D eigenvalue weighted by atomic mass is 16.3. The second-order valence-corrected chi connectivity index (χ2v) is 7.68. The number of anilines is 1. The number of allylic oxidation sites excluding steroid dienone is 2. The maximum Gasteiger partial charge on any atom is 0.327 e. The van der Waals surface area contributed by atoms with E-state index in [0.717, 1.165) is 5.70 Å². The molecule has 1 aliphatic carbocycles. The number of rotatable bonds is 1. The van der Waals surface area contributed by atoms with E-state index in [-0.39, 0.29) is 16.9 Å². The summed E-state index contributed by atoms with van der Waals surface area (Å²) >= 11 is 0. The van der Waals surface area contributed by atoms with Crippen LogP contribution in [0.3, 0.4) is 0 Å². The van der Waals surface area contributed by atoms with Gasteiger partial charge in [0.2, 0.25) is 0 Å². The van der Waals surface area contributed by atoms with Crippen LogP contribution in [0.25, 0.3) is 0 Å². The summed E-state index contributed by atoms with van der Waals surface area (Å²) < 4.78 is 0. The lowest BCUT2D eigenvalue weighted by Gasteiger charge is -2.38. The Morgan fingerprint density at radius 1 is 1.04 bits per heavy atom. The molecule has 1 atom stereocenters. The smallest absolute Gasteiger partial charge is 0.327 e. The molecule has 2 aromatic rings. The van der Waals surface area contributed by atoms with E-state index in [1.165, 1.54) is 12.1 Å². The third kappa shape index (κ3) is 2.56. The minimum Gasteiger partial charge on any atom is -0.508 e. The molecule has 1 aliphatic heterocycles. The van der Waals surface area contributed by atoms with Gasteiger partial charge in [-0.15, -0.1) is 0 Å². The van der Waals surface area contributed by atoms with E-state index in [1.54, 1.807) is 12.1 Å². The molecule has 0 spiro atoms. The first-order valence-corrected chi connectivity index (χ1v) is 8.44. The van der Waals surface area contributed by atoms with Gasteiger partial charge in [0.15, 0.2) is 5.78 Å². The molecule has 7 nitrogen and oxygen atoms in total. The number of aromatic hydroxyl groups is 1. The van der Waals surface area contributed by atoms with Gasteiger partial charge in [0.25, 0.3) is 5.56 Å². The summed E-state index contributed by atoms with van der Waals surface area (Å²) in [5.74, 6) is -0.186. The van der Waals surface area contributed by atoms with Crippen LogP contribution in [0.1, 0.15) is 43.7 Å². The van der Waals surface area contributed by atoms with Gasteiger partial charge in [0.05, 0.1) is 5.56 Å². The zero-order valence-electron chi connectivity index (χ0n) is 14.5. The molecule has 7 heteroatoms. The lowest BCUT2D eigenvalue weighted by atomic mass is 9.69. The van der Waals surface area contributed by atoms with Gasteiger partial charge in [0.1, 0.15) is 11.6 Å². The Morgan fingerprint density at radius 2 is 1.73 bits per heavy atom. The number of nitrogens with one attached hydrogen (secondary N) is 3. The average molecular weight is 353 g/mol. The van der Waals surface area contributed by atoms with Crippen molar-refractivity contribution in [3.8, 4) is 5.75 Å². The number of ketones is 1. The Balaban J connectivity index is 2.00. The fourth-order valence-electron chi connectivity index (χ4n) is 3.95. The monoisotopic (exact) mass is 353 g/mol. The maximum absolute atomic E-state index is 13.0. The Bertz CT molecular complexity index is 1060. The van der Waals surface area contributed by atoms with Crippen molar-refractivity contribution >= 4 is 11.6 Å². The predicted octanol–water partition coefficient (Wildman–Crippen LogP) is 1.97. The first-order chi connectivity index (χ1) is 12.2. The Kier molecular flexibility index (Phi) is 3.44. The highest BCUT2D eigenvalue weighted by Gasteiger charge is 2.42. The van der Waals surface area contributed by atoms with Gasteiger partial charge in [-0.2, -0.15) is 0 Å². The van der Waals surface area contributed by atoms with E-state index in [0.29, 0.717) is 35.4 Å². The molecule has 0 radical (unpaired) electrons. The normalized spacial score (nSPS) is 21.0. The van der Waals surface area contributed by atoms with E-state index in [4.69, 9.17) is 0 Å². The van der Waals surface area contributed by atoms with Crippen molar-refractivity contribution in [2.24, 2.45) is 5.41 Å². The van der Waals surface area contributed by atoms with Crippen LogP contribution in [0.5, 0.6) is 5.75 Å². The van der Waals surface area contributed by atoms with Gasteiger partial charge < -0.3 is 10.4 Å². The molecule has 0 unspecified atom stereocenters. The summed E-state index contributed by atoms with van der Waals surface area (Å²) in [5.41, 5.74) is 0.972. The van der Waals surface area contributed by atoms with Gasteiger partial charge in [-0.1, -0.05) is 26.0 Å². The summed E-state index contributed by atoms with van der Waals surface area (Å²) in [6.45, 7) is 4.03. The molecular weight excluding hydrogens is 334 g/mol. The van der Waals surface area contributed by atoms with Gasteiger partial charge >= 0.3 is 5.69 Å². The molecule has 0 saturated carbocycles. The van der Waals surface area contributed by atoms with Gasteiger partial charge in [-0.05, 0) is 29.5 Å². The minimum absolute atomic E-state index is 0.0157. The van der Waals surface area contributed by atoms with Crippen molar-refractivity contribution in [1.82, 2.24) is 9.97 Å². The number of hydrogen-bond acceptors (Lipinski definition) is 5. The number of hydrogen-bond donors (Lipinski definition) is 4. The first-order valence-electron chi connectivity index (χ1n) is 8.44. The van der Waals surface area contributed by atoms with Crippen molar-refractivity contribution in [2.45, 2.75) is 32.6 Å². The Hall–Kier alpha value is -3.09. The molecule has 0 fully saturated rings. The molecule has 134 valence electrons. The number of phenols is 1. The van der Waals surface area contributed by atoms with E-state index >= 15 is 0 Å². The molecule has 1 aromatic carbocycles. The number of benzene rings is 1. The summed E-state index contributed by atoms with van der Waals surface area (Å²) in [6.07, 6.45) is 1.02. The first kappa shape index (κ1) is 16.4. The number of fused-ring (bicyclic) bond motifs is 1. The summed E-state index contributed by atoms with van der Waals surface area (Å²) in [7, 11) is 0. The topological polar surface area (TPSA) is 115 Å². The fraction of sp³-hybridized carbons (Fsp3) is 0.316. The van der Waals surface area contributed by atoms with Crippen molar-refractivity contribution in [3.05, 3.63) is 67.5 Å². The van der Waals surface area contributed by atoms with Gasteiger partial charge in [0, 0.05) is 23.6 Å². The summed E-state index contributed by atoms with van der Waals surface area (Å²) in [5, 5.41) is 12.7. The standard InChI is InChI=1S/C19H19N3O4/c1-19(2)7-11-14(12(24)8-19)13(9-3-5-10(23)6-4-9)15-16(20-11)21-18(26)22-17(15)25/h3-6,13,23H,7-8H2,1-2H3,(H3,20,21,22,25,26)/t13-/m0/s1. The SMILES string of the molecule is CC1(C)CC(=O)C2=C(C1)Nc1[nH]c(=O)[nH]c(=O)c1[C@H]2c1ccc(O)cc1. The number of aromatic amines is 2. The third-order valence-corrected chi connectivity index (χ3v) is 4.98. The quantitative estimate of drug-likeness (QED) is 0.626. The van der Waals surface area contributed by atoms with Crippen LogP contribution >= 0.6 is 0 Å². The molecule has 0 bridgehead atoms. The number of H-pyrrole nitrogens is 2. The number of phenolic OH excluding ortho intramolecular Hbond substituents is 1. The molecule has 1 aromatic heterocycles. The molecule has 2 aliphatic rings. The number of carbonyl (C=O) groups excluding carboxylic acids is 1. The van der Waals surface area contributed by atoms with Gasteiger partial charge in [-0.3, -0.25) is 19.6 Å². The van der Waals surface area contributed by atoms with E-state index in [9.17, 15) is 19.5 Å². The maximum atomic E-state index is 13.0. The predicted molar refractivity (Wildman–Crippen MR) is 96.3 cm³/mol. The van der Waals surface area contributed by atoms with Crippen LogP contribution in [-0.4, -0.2) is 20.9 Å². The molecular formula is C19H19N3O4. The second-order valence-electron chi connectivity index (χ2n) is 7.68. The molecule has 0 amide bonds. The summed E-state index contributed by atoms with van der Waals surface area (Å²) in [6, 6.07) is 6.43. The zero-order chi connectivity index (χ0) is 18.6.